The molecule has 0 saturated heterocycles. The summed E-state index contributed by atoms with van der Waals surface area (Å²) in [5.41, 5.74) is 0.00495. The van der Waals surface area contributed by atoms with E-state index in [1.807, 2.05) is 20.8 Å². The molecular formula is C20H20N4O6S2. The molecule has 0 unspecified atom stereocenters. The van der Waals surface area contributed by atoms with Gasteiger partial charge in [-0.15, -0.1) is 0 Å². The van der Waals surface area contributed by atoms with Gasteiger partial charge >= 0.3 is 11.3 Å². The van der Waals surface area contributed by atoms with E-state index in [1.54, 1.807) is 0 Å². The summed E-state index contributed by atoms with van der Waals surface area (Å²) in [6.07, 6.45) is 1.17. The number of aromatic amines is 3. The Hall–Kier alpha value is -3.25. The van der Waals surface area contributed by atoms with Crippen LogP contribution in [0.15, 0.2) is 45.3 Å². The van der Waals surface area contributed by atoms with Crippen molar-refractivity contribution in [3.8, 4) is 0 Å². The minimum absolute atomic E-state index is 0.119. The van der Waals surface area contributed by atoms with Gasteiger partial charge in [-0.25, -0.2) is 9.59 Å². The van der Waals surface area contributed by atoms with Crippen LogP contribution in [-0.4, -0.2) is 25.7 Å². The Bertz CT molecular complexity index is 1570. The quantitative estimate of drug-likeness (QED) is 0.229. The van der Waals surface area contributed by atoms with E-state index >= 15 is 0 Å². The number of hydrogen-bond donors (Lipinski definition) is 3. The SMILES string of the molecule is CCSc1nc2oc(=O)cc(CC)c2c(=O)[nH]1.CCc1cc(=O)oc2[nH]c(=S)[nH]c(=O)c12. The molecule has 4 heterocycles. The fourth-order valence-corrected chi connectivity index (χ4v) is 3.84. The Morgan fingerprint density at radius 3 is 2.09 bits per heavy atom. The molecule has 3 N–H and O–H groups in total. The summed E-state index contributed by atoms with van der Waals surface area (Å²) in [6.45, 7) is 5.69. The van der Waals surface area contributed by atoms with Crippen LogP contribution < -0.4 is 22.4 Å². The van der Waals surface area contributed by atoms with Gasteiger partial charge in [0.2, 0.25) is 11.4 Å². The van der Waals surface area contributed by atoms with Crippen molar-refractivity contribution < 1.29 is 8.83 Å². The van der Waals surface area contributed by atoms with Gasteiger partial charge < -0.3 is 18.8 Å². The first kappa shape index (κ1) is 23.4. The van der Waals surface area contributed by atoms with Gasteiger partial charge in [0.15, 0.2) is 9.93 Å². The predicted molar refractivity (Wildman–Crippen MR) is 124 cm³/mol. The van der Waals surface area contributed by atoms with Gasteiger partial charge in [-0.2, -0.15) is 4.98 Å². The van der Waals surface area contributed by atoms with Crippen molar-refractivity contribution >= 4 is 46.2 Å². The van der Waals surface area contributed by atoms with Crippen LogP contribution in [0, 0.1) is 4.77 Å². The first-order chi connectivity index (χ1) is 15.3. The molecular weight excluding hydrogens is 456 g/mol. The van der Waals surface area contributed by atoms with Crippen LogP contribution in [-0.2, 0) is 12.8 Å². The summed E-state index contributed by atoms with van der Waals surface area (Å²) in [5, 5.41) is 1.19. The van der Waals surface area contributed by atoms with Crippen molar-refractivity contribution in [1.29, 1.82) is 0 Å². The Morgan fingerprint density at radius 2 is 1.47 bits per heavy atom. The fourth-order valence-electron chi connectivity index (χ4n) is 3.07. The van der Waals surface area contributed by atoms with E-state index in [0.717, 1.165) is 5.75 Å². The molecule has 0 aromatic carbocycles. The van der Waals surface area contributed by atoms with Crippen molar-refractivity contribution in [2.45, 2.75) is 38.8 Å². The summed E-state index contributed by atoms with van der Waals surface area (Å²) in [5.74, 6) is 0.784. The molecule has 4 aromatic rings. The van der Waals surface area contributed by atoms with E-state index in [4.69, 9.17) is 21.1 Å². The van der Waals surface area contributed by atoms with Crippen molar-refractivity contribution in [3.05, 3.63) is 69.6 Å². The standard InChI is InChI=1S/C11H12N2O3S.C9H8N2O3S/c1-3-6-5-7(14)16-10-8(6)9(15)12-11(13-10)17-4-2;1-2-4-3-5(12)14-8-6(4)7(13)10-9(15)11-8/h5H,3-4H2,1-2H3,(H,12,13,15);3H,2H2,1H3,(H2,10,11,13,15). The summed E-state index contributed by atoms with van der Waals surface area (Å²) in [7, 11) is 0. The van der Waals surface area contributed by atoms with Crippen molar-refractivity contribution in [2.75, 3.05) is 5.75 Å². The Morgan fingerprint density at radius 1 is 0.875 bits per heavy atom. The molecule has 0 spiro atoms. The first-order valence-electron chi connectivity index (χ1n) is 9.76. The lowest BCUT2D eigenvalue weighted by Gasteiger charge is -2.02. The largest absolute Gasteiger partial charge is 0.405 e. The molecule has 0 bridgehead atoms. The molecule has 0 aliphatic rings. The monoisotopic (exact) mass is 476 g/mol. The fraction of sp³-hybridized carbons (Fsp3) is 0.300. The molecule has 32 heavy (non-hydrogen) atoms. The van der Waals surface area contributed by atoms with Gasteiger partial charge in [0.25, 0.3) is 11.1 Å². The van der Waals surface area contributed by atoms with Crippen LogP contribution >= 0.6 is 24.0 Å². The molecule has 0 amide bonds. The van der Waals surface area contributed by atoms with Crippen molar-refractivity contribution in [1.82, 2.24) is 19.9 Å². The molecule has 4 aromatic heterocycles. The van der Waals surface area contributed by atoms with Crippen LogP contribution in [0.3, 0.4) is 0 Å². The summed E-state index contributed by atoms with van der Waals surface area (Å²) in [4.78, 5) is 57.9. The van der Waals surface area contributed by atoms with E-state index in [1.165, 1.54) is 23.9 Å². The molecule has 0 fully saturated rings. The molecule has 0 saturated carbocycles. The molecule has 0 atom stereocenters. The number of nitrogens with zero attached hydrogens (tertiary/aromatic N) is 1. The summed E-state index contributed by atoms with van der Waals surface area (Å²) in [6, 6.07) is 2.65. The van der Waals surface area contributed by atoms with Gasteiger partial charge in [0.05, 0.1) is 0 Å². The van der Waals surface area contributed by atoms with Crippen LogP contribution in [0.4, 0.5) is 0 Å². The van der Waals surface area contributed by atoms with Crippen LogP contribution in [0.5, 0.6) is 0 Å². The van der Waals surface area contributed by atoms with Gasteiger partial charge in [-0.3, -0.25) is 14.6 Å². The van der Waals surface area contributed by atoms with Crippen LogP contribution in [0.2, 0.25) is 0 Å². The van der Waals surface area contributed by atoms with Gasteiger partial charge in [-0.05, 0) is 41.9 Å². The Kier molecular flexibility index (Phi) is 7.26. The van der Waals surface area contributed by atoms with Crippen molar-refractivity contribution in [2.24, 2.45) is 0 Å². The van der Waals surface area contributed by atoms with Crippen LogP contribution in [0.25, 0.3) is 22.2 Å². The third-order valence-corrected chi connectivity index (χ3v) is 5.40. The zero-order valence-corrected chi connectivity index (χ0v) is 19.1. The van der Waals surface area contributed by atoms with Gasteiger partial charge in [0, 0.05) is 12.1 Å². The minimum atomic E-state index is -0.490. The molecule has 0 radical (unpaired) electrons. The number of hydrogen-bond acceptors (Lipinski definition) is 9. The highest BCUT2D eigenvalue weighted by atomic mass is 32.2. The maximum atomic E-state index is 11.9. The molecule has 12 heteroatoms. The number of rotatable bonds is 4. The smallest absolute Gasteiger partial charge is 0.337 e. The second-order valence-corrected chi connectivity index (χ2v) is 8.15. The highest BCUT2D eigenvalue weighted by Gasteiger charge is 2.11. The van der Waals surface area contributed by atoms with Gasteiger partial charge in [0.1, 0.15) is 10.8 Å². The predicted octanol–water partition coefficient (Wildman–Crippen LogP) is 2.65. The highest BCUT2D eigenvalue weighted by Crippen LogP contribution is 2.16. The Balaban J connectivity index is 0.000000182. The molecule has 10 nitrogen and oxygen atoms in total. The molecule has 4 rings (SSSR count). The number of aryl methyl sites for hydroxylation is 2. The van der Waals surface area contributed by atoms with Crippen LogP contribution in [0.1, 0.15) is 31.9 Å². The lowest BCUT2D eigenvalue weighted by atomic mass is 10.1. The molecule has 0 aliphatic carbocycles. The molecule has 0 aliphatic heterocycles. The summed E-state index contributed by atoms with van der Waals surface area (Å²) >= 11 is 6.17. The normalized spacial score (nSPS) is 10.8. The number of H-pyrrole nitrogens is 3. The van der Waals surface area contributed by atoms with E-state index < -0.39 is 11.3 Å². The minimum Gasteiger partial charge on any atom is -0.405 e. The number of thioether (sulfide) groups is 1. The first-order valence-corrected chi connectivity index (χ1v) is 11.2. The maximum Gasteiger partial charge on any atom is 0.337 e. The van der Waals surface area contributed by atoms with E-state index in [2.05, 4.69) is 19.9 Å². The second kappa shape index (κ2) is 9.92. The van der Waals surface area contributed by atoms with Gasteiger partial charge in [-0.1, -0.05) is 32.5 Å². The van der Waals surface area contributed by atoms with E-state index in [0.29, 0.717) is 39.9 Å². The third kappa shape index (κ3) is 4.97. The Labute approximate surface area is 189 Å². The summed E-state index contributed by atoms with van der Waals surface area (Å²) < 4.78 is 9.98. The zero-order chi connectivity index (χ0) is 23.4. The van der Waals surface area contributed by atoms with E-state index in [9.17, 15) is 19.2 Å². The highest BCUT2D eigenvalue weighted by molar-refractivity contribution is 7.99. The third-order valence-electron chi connectivity index (χ3n) is 4.44. The number of aromatic nitrogens is 4. The average Bonchev–Trinajstić information content (AvgIpc) is 2.72. The zero-order valence-electron chi connectivity index (χ0n) is 17.5. The maximum absolute atomic E-state index is 11.9. The number of nitrogens with one attached hydrogen (secondary N) is 3. The second-order valence-electron chi connectivity index (χ2n) is 6.49. The topological polar surface area (TPSA) is 155 Å². The van der Waals surface area contributed by atoms with E-state index in [-0.39, 0.29) is 27.3 Å². The number of fused-ring (bicyclic) bond motifs is 2. The van der Waals surface area contributed by atoms with Crippen molar-refractivity contribution in [3.63, 3.8) is 0 Å². The lowest BCUT2D eigenvalue weighted by molar-refractivity contribution is 0.541. The lowest BCUT2D eigenvalue weighted by Crippen LogP contribution is -2.14. The average molecular weight is 477 g/mol. The molecule has 168 valence electrons.